The summed E-state index contributed by atoms with van der Waals surface area (Å²) in [5, 5.41) is 9.51. The van der Waals surface area contributed by atoms with Gasteiger partial charge in [-0.2, -0.15) is 17.6 Å². The molecule has 1 saturated carbocycles. The van der Waals surface area contributed by atoms with E-state index in [0.717, 1.165) is 24.2 Å². The van der Waals surface area contributed by atoms with Crippen LogP contribution in [0.4, 0.5) is 22.7 Å². The minimum atomic E-state index is -2.90. The number of hydrogen-bond acceptors (Lipinski definition) is 7. The highest BCUT2D eigenvalue weighted by molar-refractivity contribution is 7.17. The molecule has 1 aliphatic heterocycles. The van der Waals surface area contributed by atoms with Crippen LogP contribution in [0.1, 0.15) is 22.5 Å². The van der Waals surface area contributed by atoms with Crippen LogP contribution in [-0.4, -0.2) is 79.1 Å². The minimum Gasteiger partial charge on any atom is -0.477 e. The van der Waals surface area contributed by atoms with Gasteiger partial charge in [-0.05, 0) is 18.8 Å². The van der Waals surface area contributed by atoms with Gasteiger partial charge in [0.1, 0.15) is 4.88 Å². The molecule has 0 bridgehead atoms. The van der Waals surface area contributed by atoms with E-state index in [0.29, 0.717) is 24.8 Å². The maximum Gasteiger partial charge on any atom is 0.347 e. The molecule has 2 heterocycles. The molecule has 0 unspecified atom stereocenters. The summed E-state index contributed by atoms with van der Waals surface area (Å²) in [4.78, 5) is 19.2. The molecule has 1 aromatic rings. The van der Waals surface area contributed by atoms with Gasteiger partial charge >= 0.3 is 19.2 Å². The molecular formula is C16H21F4N3O4S. The Bertz CT molecular complexity index is 660. The molecule has 158 valence electrons. The molecule has 1 aromatic heterocycles. The Balaban J connectivity index is 1.59. The fourth-order valence-corrected chi connectivity index (χ4v) is 4.48. The number of thiazole rings is 1. The first-order chi connectivity index (χ1) is 13.3. The second-order valence-corrected chi connectivity index (χ2v) is 7.84. The van der Waals surface area contributed by atoms with Crippen molar-refractivity contribution >= 4 is 22.4 Å². The molecule has 12 heteroatoms. The molecule has 1 saturated heterocycles. The predicted molar refractivity (Wildman–Crippen MR) is 92.2 cm³/mol. The molecule has 1 atom stereocenters. The van der Waals surface area contributed by atoms with E-state index in [-0.39, 0.29) is 30.1 Å². The highest BCUT2D eigenvalue weighted by atomic mass is 32.1. The number of carboxylic acids is 1. The average molecular weight is 427 g/mol. The third-order valence-corrected chi connectivity index (χ3v) is 6.09. The quantitative estimate of drug-likeness (QED) is 0.607. The summed E-state index contributed by atoms with van der Waals surface area (Å²) in [5.41, 5.74) is 0. The Labute approximate surface area is 162 Å². The van der Waals surface area contributed by atoms with Crippen molar-refractivity contribution in [3.8, 4) is 0 Å². The van der Waals surface area contributed by atoms with Crippen LogP contribution in [-0.2, 0) is 9.47 Å². The van der Waals surface area contributed by atoms with Crippen molar-refractivity contribution in [3.63, 3.8) is 0 Å². The van der Waals surface area contributed by atoms with E-state index in [2.05, 4.69) is 19.4 Å². The topological polar surface area (TPSA) is 75.1 Å². The summed E-state index contributed by atoms with van der Waals surface area (Å²) in [6.07, 6.45) is 2.68. The van der Waals surface area contributed by atoms with Gasteiger partial charge in [0.2, 0.25) is 0 Å². The largest absolute Gasteiger partial charge is 0.477 e. The van der Waals surface area contributed by atoms with Crippen molar-refractivity contribution < 1.29 is 36.9 Å². The maximum atomic E-state index is 12.5. The van der Waals surface area contributed by atoms with E-state index in [1.165, 1.54) is 6.20 Å². The zero-order valence-corrected chi connectivity index (χ0v) is 15.7. The van der Waals surface area contributed by atoms with Crippen LogP contribution in [0, 0.1) is 5.92 Å². The van der Waals surface area contributed by atoms with Gasteiger partial charge in [-0.1, -0.05) is 11.3 Å². The molecule has 1 aliphatic carbocycles. The third kappa shape index (κ3) is 5.31. The van der Waals surface area contributed by atoms with Crippen LogP contribution < -0.4 is 4.90 Å². The van der Waals surface area contributed by atoms with Crippen LogP contribution in [0.3, 0.4) is 0 Å². The number of halogens is 4. The minimum absolute atomic E-state index is 0.0170. The van der Waals surface area contributed by atoms with E-state index in [1.807, 2.05) is 0 Å². The predicted octanol–water partition coefficient (Wildman–Crippen LogP) is 2.59. The number of aromatic nitrogens is 1. The molecule has 7 nitrogen and oxygen atoms in total. The van der Waals surface area contributed by atoms with E-state index in [4.69, 9.17) is 5.11 Å². The molecule has 3 rings (SSSR count). The Morgan fingerprint density at radius 3 is 2.50 bits per heavy atom. The number of anilines is 1. The summed E-state index contributed by atoms with van der Waals surface area (Å²) in [7, 11) is 0. The molecule has 0 spiro atoms. The Hall–Kier alpha value is -1.50. The molecular weight excluding hydrogens is 406 g/mol. The zero-order chi connectivity index (χ0) is 20.3. The first-order valence-corrected chi connectivity index (χ1v) is 9.64. The van der Waals surface area contributed by atoms with Gasteiger partial charge in [0.15, 0.2) is 5.13 Å². The molecule has 1 N–H and O–H groups in total. The molecule has 2 aliphatic rings. The highest BCUT2D eigenvalue weighted by Crippen LogP contribution is 2.35. The lowest BCUT2D eigenvalue weighted by atomic mass is 9.79. The fraction of sp³-hybridized carbons (Fsp3) is 0.750. The average Bonchev–Trinajstić information content (AvgIpc) is 3.08. The zero-order valence-electron chi connectivity index (χ0n) is 14.8. The van der Waals surface area contributed by atoms with Crippen molar-refractivity contribution in [1.82, 2.24) is 9.88 Å². The van der Waals surface area contributed by atoms with Gasteiger partial charge in [0, 0.05) is 25.7 Å². The second-order valence-electron chi connectivity index (χ2n) is 6.83. The number of aromatic carboxylic acids is 1. The Kier molecular flexibility index (Phi) is 7.07. The number of carboxylic acid groups (broad SMARTS) is 1. The van der Waals surface area contributed by atoms with Crippen molar-refractivity contribution in [3.05, 3.63) is 11.1 Å². The fourth-order valence-electron chi connectivity index (χ4n) is 3.63. The highest BCUT2D eigenvalue weighted by Gasteiger charge is 2.39. The summed E-state index contributed by atoms with van der Waals surface area (Å²) in [5.74, 6) is -1.01. The monoisotopic (exact) mass is 427 g/mol. The van der Waals surface area contributed by atoms with Crippen LogP contribution in [0.2, 0.25) is 0 Å². The normalized spacial score (nSPS) is 26.1. The number of alkyl halides is 4. The number of hydrogen-bond donors (Lipinski definition) is 1. The maximum absolute atomic E-state index is 12.5. The van der Waals surface area contributed by atoms with Gasteiger partial charge < -0.3 is 19.5 Å². The number of rotatable bonds is 9. The van der Waals surface area contributed by atoms with E-state index < -0.39 is 25.2 Å². The second kappa shape index (κ2) is 9.33. The van der Waals surface area contributed by atoms with E-state index in [1.54, 1.807) is 4.90 Å². The van der Waals surface area contributed by atoms with Crippen LogP contribution in [0.15, 0.2) is 6.20 Å². The summed E-state index contributed by atoms with van der Waals surface area (Å²) in [6.45, 7) is -4.31. The molecule has 0 radical (unpaired) electrons. The van der Waals surface area contributed by atoms with Gasteiger partial charge in [-0.25, -0.2) is 9.78 Å². The summed E-state index contributed by atoms with van der Waals surface area (Å²) >= 11 is 0.991. The number of ether oxygens (including phenoxy) is 2. The first-order valence-electron chi connectivity index (χ1n) is 8.82. The lowest BCUT2D eigenvalue weighted by Gasteiger charge is -2.49. The van der Waals surface area contributed by atoms with Crippen molar-refractivity contribution in [1.29, 1.82) is 0 Å². The third-order valence-electron chi connectivity index (χ3n) is 5.06. The Morgan fingerprint density at radius 1 is 1.21 bits per heavy atom. The molecule has 28 heavy (non-hydrogen) atoms. The summed E-state index contributed by atoms with van der Waals surface area (Å²) < 4.78 is 58.2. The lowest BCUT2D eigenvalue weighted by molar-refractivity contribution is -0.150. The van der Waals surface area contributed by atoms with Crippen molar-refractivity contribution in [2.75, 3.05) is 37.7 Å². The van der Waals surface area contributed by atoms with Crippen LogP contribution in [0.25, 0.3) is 0 Å². The van der Waals surface area contributed by atoms with Crippen LogP contribution >= 0.6 is 11.3 Å². The standard InChI is InChI=1S/C16H21F4N3O4S/c17-14(18)26-7-9-3-10(4-9)22-1-2-23(11(6-22)8-27-15(19)20)16-21-5-12(28-16)13(24)25/h5,9-11,14-15H,1-4,6-8H2,(H,24,25)/t9?,10?,11-/m0/s1. The number of nitrogens with zero attached hydrogens (tertiary/aromatic N) is 3. The number of carbonyl (C=O) groups is 1. The summed E-state index contributed by atoms with van der Waals surface area (Å²) in [6, 6.07) is -0.222. The van der Waals surface area contributed by atoms with E-state index >= 15 is 0 Å². The van der Waals surface area contributed by atoms with Gasteiger partial charge in [-0.15, -0.1) is 0 Å². The smallest absolute Gasteiger partial charge is 0.347 e. The lowest BCUT2D eigenvalue weighted by Crippen LogP contribution is -2.60. The molecule has 0 aromatic carbocycles. The number of piperazine rings is 1. The van der Waals surface area contributed by atoms with Crippen molar-refractivity contribution in [2.45, 2.75) is 38.1 Å². The SMILES string of the molecule is O=C(O)c1cnc(N2CCN(C3CC(COC(F)F)C3)C[C@H]2COC(F)F)s1. The molecule has 0 amide bonds. The van der Waals surface area contributed by atoms with Gasteiger partial charge in [0.05, 0.1) is 25.5 Å². The Morgan fingerprint density at radius 2 is 1.89 bits per heavy atom. The van der Waals surface area contributed by atoms with E-state index in [9.17, 15) is 22.4 Å². The van der Waals surface area contributed by atoms with Gasteiger partial charge in [0.25, 0.3) is 0 Å². The molecule has 2 fully saturated rings. The van der Waals surface area contributed by atoms with Gasteiger partial charge in [-0.3, -0.25) is 4.90 Å². The van der Waals surface area contributed by atoms with Crippen LogP contribution in [0.5, 0.6) is 0 Å². The first kappa shape index (κ1) is 21.2. The van der Waals surface area contributed by atoms with Crippen molar-refractivity contribution in [2.24, 2.45) is 5.92 Å².